The summed E-state index contributed by atoms with van der Waals surface area (Å²) >= 11 is 0. The second kappa shape index (κ2) is 5.69. The highest BCUT2D eigenvalue weighted by molar-refractivity contribution is 5.96. The largest absolute Gasteiger partial charge is 0.506 e. The minimum atomic E-state index is -0.328. The first-order valence-corrected chi connectivity index (χ1v) is 6.69. The number of phenolic OH excluding ortho intramolecular Hbond substituents is 1. The van der Waals surface area contributed by atoms with Gasteiger partial charge in [0.05, 0.1) is 23.2 Å². The molecule has 0 atom stereocenters. The number of carbonyl (C=O) groups excluding carboxylic acids is 1. The van der Waals surface area contributed by atoms with E-state index in [1.54, 1.807) is 42.5 Å². The second-order valence-corrected chi connectivity index (χ2v) is 4.79. The van der Waals surface area contributed by atoms with Gasteiger partial charge in [0.25, 0.3) is 5.56 Å². The van der Waals surface area contributed by atoms with Gasteiger partial charge < -0.3 is 10.4 Å². The molecule has 0 spiro atoms. The van der Waals surface area contributed by atoms with E-state index in [0.29, 0.717) is 22.2 Å². The second-order valence-electron chi connectivity index (χ2n) is 4.79. The number of nitrogens with one attached hydrogen (secondary N) is 2. The summed E-state index contributed by atoms with van der Waals surface area (Å²) in [5.41, 5.74) is 0.518. The van der Waals surface area contributed by atoms with Crippen LogP contribution in [0.1, 0.15) is 5.69 Å². The highest BCUT2D eigenvalue weighted by Gasteiger charge is 2.12. The van der Waals surface area contributed by atoms with E-state index in [2.05, 4.69) is 15.5 Å². The average Bonchev–Trinajstić information content (AvgIpc) is 2.53. The summed E-state index contributed by atoms with van der Waals surface area (Å²) in [7, 11) is 0. The van der Waals surface area contributed by atoms with Crippen LogP contribution in [0.15, 0.2) is 53.3 Å². The van der Waals surface area contributed by atoms with Crippen molar-refractivity contribution in [3.63, 3.8) is 0 Å². The van der Waals surface area contributed by atoms with Crippen LogP contribution in [0.2, 0.25) is 0 Å². The van der Waals surface area contributed by atoms with Crippen molar-refractivity contribution in [3.8, 4) is 5.75 Å². The molecule has 110 valence electrons. The van der Waals surface area contributed by atoms with E-state index in [4.69, 9.17) is 0 Å². The predicted octanol–water partition coefficient (Wildman–Crippen LogP) is 1.81. The SMILES string of the molecule is O=C(Cc1n[nH]c(=O)c2ccccc12)Nc1ccccc1O. The number of H-pyrrole nitrogens is 1. The van der Waals surface area contributed by atoms with Crippen LogP contribution in [0, 0.1) is 0 Å². The van der Waals surface area contributed by atoms with E-state index in [9.17, 15) is 14.7 Å². The van der Waals surface area contributed by atoms with E-state index in [1.807, 2.05) is 0 Å². The van der Waals surface area contributed by atoms with Crippen LogP contribution in [-0.2, 0) is 11.2 Å². The molecule has 0 aliphatic rings. The van der Waals surface area contributed by atoms with Crippen molar-refractivity contribution in [3.05, 3.63) is 64.6 Å². The molecule has 0 fully saturated rings. The number of rotatable bonds is 3. The van der Waals surface area contributed by atoms with Crippen LogP contribution in [0.5, 0.6) is 5.75 Å². The summed E-state index contributed by atoms with van der Waals surface area (Å²) in [6, 6.07) is 13.4. The molecule has 0 aliphatic heterocycles. The lowest BCUT2D eigenvalue weighted by Gasteiger charge is -2.08. The van der Waals surface area contributed by atoms with Gasteiger partial charge >= 0.3 is 0 Å². The molecule has 3 rings (SSSR count). The molecule has 6 nitrogen and oxygen atoms in total. The molecule has 1 amide bonds. The Balaban J connectivity index is 1.88. The third kappa shape index (κ3) is 2.67. The lowest BCUT2D eigenvalue weighted by molar-refractivity contribution is -0.115. The number of aromatic amines is 1. The Kier molecular flexibility index (Phi) is 3.57. The van der Waals surface area contributed by atoms with E-state index < -0.39 is 0 Å². The van der Waals surface area contributed by atoms with Gasteiger partial charge in [0.15, 0.2) is 0 Å². The number of anilines is 1. The number of aromatic hydroxyl groups is 1. The van der Waals surface area contributed by atoms with Gasteiger partial charge in [-0.15, -0.1) is 0 Å². The molecule has 0 bridgehead atoms. The molecule has 2 aromatic carbocycles. The molecule has 3 N–H and O–H groups in total. The fourth-order valence-electron chi connectivity index (χ4n) is 2.23. The van der Waals surface area contributed by atoms with Crippen molar-refractivity contribution in [2.45, 2.75) is 6.42 Å². The number of carbonyl (C=O) groups is 1. The zero-order valence-electron chi connectivity index (χ0n) is 11.5. The summed E-state index contributed by atoms with van der Waals surface area (Å²) in [4.78, 5) is 23.8. The number of nitrogens with zero attached hydrogens (tertiary/aromatic N) is 1. The van der Waals surface area contributed by atoms with Gasteiger partial charge in [0, 0.05) is 5.39 Å². The molecule has 0 saturated heterocycles. The molecular formula is C16H13N3O3. The minimum absolute atomic E-state index is 0.00450. The van der Waals surface area contributed by atoms with Crippen molar-refractivity contribution in [2.24, 2.45) is 0 Å². The third-order valence-corrected chi connectivity index (χ3v) is 3.28. The molecule has 1 aromatic heterocycles. The van der Waals surface area contributed by atoms with Crippen LogP contribution in [0.4, 0.5) is 5.69 Å². The van der Waals surface area contributed by atoms with E-state index >= 15 is 0 Å². The monoisotopic (exact) mass is 295 g/mol. The fraction of sp³-hybridized carbons (Fsp3) is 0.0625. The Morgan fingerprint density at radius 2 is 1.77 bits per heavy atom. The number of benzene rings is 2. The fourth-order valence-corrected chi connectivity index (χ4v) is 2.23. The van der Waals surface area contributed by atoms with Crippen LogP contribution in [-0.4, -0.2) is 21.2 Å². The third-order valence-electron chi connectivity index (χ3n) is 3.28. The van der Waals surface area contributed by atoms with Crippen molar-refractivity contribution in [2.75, 3.05) is 5.32 Å². The summed E-state index contributed by atoms with van der Waals surface area (Å²) < 4.78 is 0. The number of aromatic nitrogens is 2. The van der Waals surface area contributed by atoms with Crippen LogP contribution < -0.4 is 10.9 Å². The van der Waals surface area contributed by atoms with Crippen LogP contribution in [0.3, 0.4) is 0 Å². The molecule has 0 unspecified atom stereocenters. The topological polar surface area (TPSA) is 95.1 Å². The first-order chi connectivity index (χ1) is 10.6. The summed E-state index contributed by atoms with van der Waals surface area (Å²) in [5.74, 6) is -0.332. The van der Waals surface area contributed by atoms with E-state index in [1.165, 1.54) is 6.07 Å². The van der Waals surface area contributed by atoms with Gasteiger partial charge in [0.2, 0.25) is 5.91 Å². The van der Waals surface area contributed by atoms with Gasteiger partial charge in [0.1, 0.15) is 5.75 Å². The smallest absolute Gasteiger partial charge is 0.272 e. The van der Waals surface area contributed by atoms with Crippen LogP contribution in [0.25, 0.3) is 10.8 Å². The average molecular weight is 295 g/mol. The normalized spacial score (nSPS) is 10.5. The zero-order valence-corrected chi connectivity index (χ0v) is 11.5. The predicted molar refractivity (Wildman–Crippen MR) is 82.8 cm³/mol. The van der Waals surface area contributed by atoms with Gasteiger partial charge in [-0.1, -0.05) is 30.3 Å². The Hall–Kier alpha value is -3.15. The number of hydrogen-bond donors (Lipinski definition) is 3. The van der Waals surface area contributed by atoms with Crippen molar-refractivity contribution in [1.82, 2.24) is 10.2 Å². The van der Waals surface area contributed by atoms with Gasteiger partial charge in [-0.3, -0.25) is 9.59 Å². The van der Waals surface area contributed by atoms with Gasteiger partial charge in [-0.05, 0) is 18.2 Å². The maximum Gasteiger partial charge on any atom is 0.272 e. The minimum Gasteiger partial charge on any atom is -0.506 e. The summed E-state index contributed by atoms with van der Waals surface area (Å²) in [5, 5.41) is 19.7. The van der Waals surface area contributed by atoms with Gasteiger partial charge in [-0.2, -0.15) is 5.10 Å². The molecule has 3 aromatic rings. The molecule has 6 heteroatoms. The number of para-hydroxylation sites is 2. The standard InChI is InChI=1S/C16H13N3O3/c20-14-8-4-3-7-12(14)17-15(21)9-13-10-5-1-2-6-11(10)16(22)19-18-13/h1-8,20H,9H2,(H,17,21)(H,19,22). The number of hydrogen-bond acceptors (Lipinski definition) is 4. The maximum atomic E-state index is 12.1. The highest BCUT2D eigenvalue weighted by Crippen LogP contribution is 2.22. The number of phenols is 1. The highest BCUT2D eigenvalue weighted by atomic mass is 16.3. The molecule has 0 aliphatic carbocycles. The Bertz CT molecular complexity index is 902. The number of fused-ring (bicyclic) bond motifs is 1. The molecule has 1 heterocycles. The first-order valence-electron chi connectivity index (χ1n) is 6.69. The van der Waals surface area contributed by atoms with Crippen molar-refractivity contribution < 1.29 is 9.90 Å². The first kappa shape index (κ1) is 13.8. The lowest BCUT2D eigenvalue weighted by Crippen LogP contribution is -2.18. The summed E-state index contributed by atoms with van der Waals surface area (Å²) in [6.45, 7) is 0. The Morgan fingerprint density at radius 1 is 1.09 bits per heavy atom. The van der Waals surface area contributed by atoms with Gasteiger partial charge in [-0.25, -0.2) is 5.10 Å². The Morgan fingerprint density at radius 3 is 2.55 bits per heavy atom. The lowest BCUT2D eigenvalue weighted by atomic mass is 10.1. The van der Waals surface area contributed by atoms with Crippen molar-refractivity contribution in [1.29, 1.82) is 0 Å². The molecule has 0 saturated carbocycles. The maximum absolute atomic E-state index is 12.1. The Labute approximate surface area is 125 Å². The number of amides is 1. The molecular weight excluding hydrogens is 282 g/mol. The molecule has 22 heavy (non-hydrogen) atoms. The summed E-state index contributed by atoms with van der Waals surface area (Å²) in [6.07, 6.45) is -0.00831. The zero-order chi connectivity index (χ0) is 15.5. The van der Waals surface area contributed by atoms with E-state index in [-0.39, 0.29) is 23.6 Å². The van der Waals surface area contributed by atoms with Crippen LogP contribution >= 0.6 is 0 Å². The van der Waals surface area contributed by atoms with E-state index in [0.717, 1.165) is 0 Å². The quantitative estimate of drug-likeness (QED) is 0.642. The van der Waals surface area contributed by atoms with Crippen molar-refractivity contribution >= 4 is 22.4 Å². The molecule has 0 radical (unpaired) electrons.